The van der Waals surface area contributed by atoms with Gasteiger partial charge in [-0.05, 0) is 47.1 Å². The minimum absolute atomic E-state index is 0.175. The van der Waals surface area contributed by atoms with Crippen molar-refractivity contribution in [1.82, 2.24) is 0 Å². The molecule has 5 nitrogen and oxygen atoms in total. The van der Waals surface area contributed by atoms with Gasteiger partial charge in [0.05, 0.1) is 6.61 Å². The Morgan fingerprint density at radius 2 is 0.930 bits per heavy atom. The zero-order valence-corrected chi connectivity index (χ0v) is 29.4. The third-order valence-electron chi connectivity index (χ3n) is 8.55. The molecule has 3 N–H and O–H groups in total. The molecule has 3 atom stereocenters. The Hall–Kier alpha value is -0.610. The first-order valence-electron chi connectivity index (χ1n) is 18.4. The van der Waals surface area contributed by atoms with Crippen LogP contribution in [0.4, 0.5) is 0 Å². The molecular formula is C37H71O5P. The van der Waals surface area contributed by atoms with Gasteiger partial charge < -0.3 is 15.3 Å². The van der Waals surface area contributed by atoms with E-state index in [1.54, 1.807) is 0 Å². The van der Waals surface area contributed by atoms with Crippen LogP contribution in [0.15, 0.2) is 12.2 Å². The second kappa shape index (κ2) is 31.4. The van der Waals surface area contributed by atoms with Gasteiger partial charge in [0.15, 0.2) is 11.3 Å². The summed E-state index contributed by atoms with van der Waals surface area (Å²) in [5.41, 5.74) is -0.179. The molecule has 0 fully saturated rings. The van der Waals surface area contributed by atoms with E-state index >= 15 is 0 Å². The van der Waals surface area contributed by atoms with Crippen LogP contribution >= 0.6 is 8.58 Å². The third-order valence-corrected chi connectivity index (χ3v) is 9.94. The van der Waals surface area contributed by atoms with Crippen LogP contribution in [-0.4, -0.2) is 44.7 Å². The van der Waals surface area contributed by atoms with Gasteiger partial charge in [-0.25, -0.2) is 0 Å². The highest BCUT2D eigenvalue weighted by Gasteiger charge is 2.41. The van der Waals surface area contributed by atoms with Crippen molar-refractivity contribution in [2.75, 3.05) is 6.61 Å². The van der Waals surface area contributed by atoms with Gasteiger partial charge >= 0.3 is 0 Å². The molecule has 0 aliphatic rings. The Morgan fingerprint density at radius 1 is 0.581 bits per heavy atom. The number of Topliss-reactive ketones (excluding diaryl/α,β-unsaturated/α-hetero) is 1. The van der Waals surface area contributed by atoms with Crippen molar-refractivity contribution < 1.29 is 24.9 Å². The summed E-state index contributed by atoms with van der Waals surface area (Å²) in [7, 11) is -0.675. The molecular weight excluding hydrogens is 555 g/mol. The molecule has 0 saturated heterocycles. The molecule has 0 saturated carbocycles. The molecule has 0 aromatic heterocycles. The molecule has 0 rings (SSSR count). The second-order valence-electron chi connectivity index (χ2n) is 12.8. The lowest BCUT2D eigenvalue weighted by Gasteiger charge is -2.29. The monoisotopic (exact) mass is 627 g/mol. The van der Waals surface area contributed by atoms with E-state index < -0.39 is 32.4 Å². The van der Waals surface area contributed by atoms with E-state index in [0.717, 1.165) is 44.9 Å². The largest absolute Gasteiger partial charge is 0.393 e. The Balaban J connectivity index is 3.85. The topological polar surface area (TPSA) is 94.8 Å². The normalized spacial score (nSPS) is 14.2. The van der Waals surface area contributed by atoms with Crippen molar-refractivity contribution in [3.05, 3.63) is 12.2 Å². The van der Waals surface area contributed by atoms with E-state index in [2.05, 4.69) is 26.0 Å². The van der Waals surface area contributed by atoms with E-state index in [1.165, 1.54) is 116 Å². The number of aliphatic hydroxyl groups excluding tert-OH is 2. The van der Waals surface area contributed by atoms with Crippen LogP contribution in [-0.2, 0) is 9.59 Å². The summed E-state index contributed by atoms with van der Waals surface area (Å²) in [5, 5.41) is 28.9. The van der Waals surface area contributed by atoms with E-state index in [-0.39, 0.29) is 11.9 Å². The van der Waals surface area contributed by atoms with E-state index in [1.807, 2.05) is 0 Å². The molecule has 0 aliphatic heterocycles. The van der Waals surface area contributed by atoms with Gasteiger partial charge in [-0.1, -0.05) is 154 Å². The van der Waals surface area contributed by atoms with Crippen LogP contribution in [0, 0.1) is 0 Å². The van der Waals surface area contributed by atoms with E-state index in [9.17, 15) is 24.9 Å². The maximum Gasteiger partial charge on any atom is 0.164 e. The summed E-state index contributed by atoms with van der Waals surface area (Å²) in [6.07, 6.45) is 34.6. The highest BCUT2D eigenvalue weighted by atomic mass is 31.1. The third kappa shape index (κ3) is 26.3. The molecule has 0 radical (unpaired) electrons. The minimum Gasteiger partial charge on any atom is -0.393 e. The summed E-state index contributed by atoms with van der Waals surface area (Å²) in [6.45, 7) is 3.72. The van der Waals surface area contributed by atoms with Crippen LogP contribution in [0.1, 0.15) is 194 Å². The van der Waals surface area contributed by atoms with Gasteiger partial charge in [0.25, 0.3) is 0 Å². The van der Waals surface area contributed by atoms with E-state index in [0.29, 0.717) is 12.8 Å². The molecule has 0 spiro atoms. The summed E-state index contributed by atoms with van der Waals surface area (Å²) in [5.74, 6) is -0.471. The number of rotatable bonds is 34. The fourth-order valence-corrected chi connectivity index (χ4v) is 6.74. The Labute approximate surface area is 268 Å². The highest BCUT2D eigenvalue weighted by Crippen LogP contribution is 2.35. The fourth-order valence-electron chi connectivity index (χ4n) is 5.57. The van der Waals surface area contributed by atoms with Crippen LogP contribution in [0.2, 0.25) is 0 Å². The van der Waals surface area contributed by atoms with Gasteiger partial charge in [-0.2, -0.15) is 0 Å². The number of allylic oxidation sites excluding steroid dienone is 2. The lowest BCUT2D eigenvalue weighted by Crippen LogP contribution is -2.47. The SMILES string of the molecule is CCCCCCCCC=CCCCCCCCC(=O)PC(O)(CO)C(O)C(=O)CCCCCCCCCCCCCCC. The summed E-state index contributed by atoms with van der Waals surface area (Å²) >= 11 is 0. The highest BCUT2D eigenvalue weighted by molar-refractivity contribution is 7.59. The average molecular weight is 627 g/mol. The molecule has 3 unspecified atom stereocenters. The minimum atomic E-state index is -2.05. The number of unbranched alkanes of at least 4 members (excludes halogenated alkanes) is 23. The van der Waals surface area contributed by atoms with Crippen LogP contribution < -0.4 is 0 Å². The van der Waals surface area contributed by atoms with Crippen LogP contribution in [0.3, 0.4) is 0 Å². The smallest absolute Gasteiger partial charge is 0.164 e. The first-order valence-corrected chi connectivity index (χ1v) is 19.4. The number of carbonyl (C=O) groups excluding carboxylic acids is 2. The first-order chi connectivity index (χ1) is 20.9. The van der Waals surface area contributed by atoms with Gasteiger partial charge in [0, 0.05) is 12.8 Å². The van der Waals surface area contributed by atoms with E-state index in [4.69, 9.17) is 0 Å². The fraction of sp³-hybridized carbons (Fsp3) is 0.892. The standard InChI is InChI=1S/C37H71O5P/c1-3-5-7-9-11-13-15-17-18-20-22-24-26-28-30-32-35(40)43-37(42,33-38)36(41)34(39)31-29-27-25-23-21-19-16-14-12-10-8-6-4-2/h17-18,36,38,41-43H,3-16,19-33H2,1-2H3. The predicted molar refractivity (Wildman–Crippen MR) is 186 cm³/mol. The number of hydrogen-bond acceptors (Lipinski definition) is 5. The zero-order chi connectivity index (χ0) is 31.9. The number of carbonyl (C=O) groups is 2. The quantitative estimate of drug-likeness (QED) is 0.0375. The summed E-state index contributed by atoms with van der Waals surface area (Å²) in [4.78, 5) is 25.0. The maximum atomic E-state index is 12.5. The van der Waals surface area contributed by atoms with Crippen LogP contribution in [0.25, 0.3) is 0 Å². The first kappa shape index (κ1) is 42.4. The van der Waals surface area contributed by atoms with Crippen LogP contribution in [0.5, 0.6) is 0 Å². The van der Waals surface area contributed by atoms with Crippen molar-refractivity contribution in [1.29, 1.82) is 0 Å². The summed E-state index contributed by atoms with van der Waals surface area (Å²) < 4.78 is 0. The van der Waals surface area contributed by atoms with Gasteiger partial charge in [0.1, 0.15) is 11.4 Å². The number of ketones is 1. The molecule has 0 bridgehead atoms. The molecule has 0 aromatic carbocycles. The van der Waals surface area contributed by atoms with Crippen molar-refractivity contribution >= 4 is 19.9 Å². The van der Waals surface area contributed by atoms with Gasteiger partial charge in [-0.3, -0.25) is 9.59 Å². The lowest BCUT2D eigenvalue weighted by molar-refractivity contribution is -0.138. The Kier molecular flexibility index (Phi) is 30.9. The maximum absolute atomic E-state index is 12.5. The molecule has 6 heteroatoms. The Morgan fingerprint density at radius 3 is 1.33 bits per heavy atom. The van der Waals surface area contributed by atoms with Gasteiger partial charge in [0.2, 0.25) is 0 Å². The van der Waals surface area contributed by atoms with Crippen molar-refractivity contribution in [3.8, 4) is 0 Å². The lowest BCUT2D eigenvalue weighted by atomic mass is 10.0. The molecule has 0 heterocycles. The molecule has 254 valence electrons. The second-order valence-corrected chi connectivity index (χ2v) is 14.5. The predicted octanol–water partition coefficient (Wildman–Crippen LogP) is 10.3. The summed E-state index contributed by atoms with van der Waals surface area (Å²) in [6, 6.07) is 0. The van der Waals surface area contributed by atoms with Gasteiger partial charge in [-0.15, -0.1) is 0 Å². The molecule has 43 heavy (non-hydrogen) atoms. The zero-order valence-electron chi connectivity index (χ0n) is 28.4. The molecule has 0 aromatic rings. The average Bonchev–Trinajstić information content (AvgIpc) is 3.00. The van der Waals surface area contributed by atoms with Crippen molar-refractivity contribution in [2.24, 2.45) is 0 Å². The Bertz CT molecular complexity index is 667. The number of aliphatic hydroxyl groups is 3. The molecule has 0 aliphatic carbocycles. The van der Waals surface area contributed by atoms with Crippen molar-refractivity contribution in [3.63, 3.8) is 0 Å². The number of hydrogen-bond donors (Lipinski definition) is 3. The van der Waals surface area contributed by atoms with Crippen molar-refractivity contribution in [2.45, 2.75) is 205 Å². The molecule has 0 amide bonds.